The summed E-state index contributed by atoms with van der Waals surface area (Å²) in [5, 5.41) is 4.80. The van der Waals surface area contributed by atoms with E-state index in [1.807, 2.05) is 11.3 Å². The minimum atomic E-state index is 0.666. The predicted molar refractivity (Wildman–Crippen MR) is 82.1 cm³/mol. The second-order valence-corrected chi connectivity index (χ2v) is 7.59. The van der Waals surface area contributed by atoms with E-state index in [0.717, 1.165) is 18.4 Å². The number of nitrogens with one attached hydrogen (secondary N) is 1. The Morgan fingerprint density at radius 1 is 1.26 bits per heavy atom. The number of aryl methyl sites for hydroxylation is 1. The van der Waals surface area contributed by atoms with Gasteiger partial charge < -0.3 is 5.32 Å². The zero-order valence-corrected chi connectivity index (χ0v) is 13.1. The van der Waals surface area contributed by atoms with Gasteiger partial charge in [0.2, 0.25) is 0 Å². The van der Waals surface area contributed by atoms with Crippen molar-refractivity contribution in [3.05, 3.63) is 15.6 Å². The number of fused-ring (bicyclic) bond motifs is 1. The highest BCUT2D eigenvalue weighted by Gasteiger charge is 2.28. The Morgan fingerprint density at radius 3 is 2.95 bits per heavy atom. The van der Waals surface area contributed by atoms with Crippen molar-refractivity contribution in [2.24, 2.45) is 5.92 Å². The maximum Gasteiger partial charge on any atom is 0.0962 e. The fourth-order valence-corrected chi connectivity index (χ4v) is 5.14. The Balaban J connectivity index is 1.80. The quantitative estimate of drug-likeness (QED) is 0.901. The fraction of sp³-hybridized carbons (Fsp3) is 0.812. The van der Waals surface area contributed by atoms with E-state index in [1.165, 1.54) is 55.6 Å². The second kappa shape index (κ2) is 5.92. The molecule has 1 heterocycles. The first-order chi connectivity index (χ1) is 9.28. The molecule has 1 fully saturated rings. The molecule has 0 aliphatic heterocycles. The van der Waals surface area contributed by atoms with E-state index in [1.54, 1.807) is 4.88 Å². The summed E-state index contributed by atoms with van der Waals surface area (Å²) in [6.07, 6.45) is 9.49. The Morgan fingerprint density at radius 2 is 2.16 bits per heavy atom. The summed E-state index contributed by atoms with van der Waals surface area (Å²) in [5.74, 6) is 2.32. The molecule has 2 nitrogen and oxygen atoms in total. The molecule has 0 spiro atoms. The summed E-state index contributed by atoms with van der Waals surface area (Å²) in [5.41, 5.74) is 1.44. The van der Waals surface area contributed by atoms with Crippen LogP contribution in [-0.4, -0.2) is 18.6 Å². The Hall–Kier alpha value is -0.410. The standard InChI is InChI=1S/C16H26N2S/c1-11-5-3-6-12(9-11)16-18-15-13(10-17-2)7-4-8-14(15)19-16/h11-13,17H,3-10H2,1-2H3. The van der Waals surface area contributed by atoms with Crippen LogP contribution in [0.15, 0.2) is 0 Å². The summed E-state index contributed by atoms with van der Waals surface area (Å²) in [7, 11) is 2.06. The molecule has 0 amide bonds. The van der Waals surface area contributed by atoms with Crippen LogP contribution in [-0.2, 0) is 6.42 Å². The highest BCUT2D eigenvalue weighted by atomic mass is 32.1. The van der Waals surface area contributed by atoms with Crippen molar-refractivity contribution in [1.82, 2.24) is 10.3 Å². The van der Waals surface area contributed by atoms with Crippen molar-refractivity contribution in [3.8, 4) is 0 Å². The van der Waals surface area contributed by atoms with E-state index in [0.29, 0.717) is 5.92 Å². The highest BCUT2D eigenvalue weighted by Crippen LogP contribution is 2.41. The molecule has 19 heavy (non-hydrogen) atoms. The summed E-state index contributed by atoms with van der Waals surface area (Å²) in [4.78, 5) is 6.68. The highest BCUT2D eigenvalue weighted by molar-refractivity contribution is 7.11. The topological polar surface area (TPSA) is 24.9 Å². The molecular formula is C16H26N2S. The first-order valence-corrected chi connectivity index (χ1v) is 8.73. The Bertz CT molecular complexity index is 426. The van der Waals surface area contributed by atoms with E-state index in [2.05, 4.69) is 19.3 Å². The number of hydrogen-bond acceptors (Lipinski definition) is 3. The van der Waals surface area contributed by atoms with Gasteiger partial charge in [0, 0.05) is 23.3 Å². The van der Waals surface area contributed by atoms with Gasteiger partial charge in [0.05, 0.1) is 10.7 Å². The number of hydrogen-bond donors (Lipinski definition) is 1. The van der Waals surface area contributed by atoms with Crippen molar-refractivity contribution < 1.29 is 0 Å². The third-order valence-electron chi connectivity index (χ3n) is 4.82. The average molecular weight is 278 g/mol. The zero-order valence-electron chi connectivity index (χ0n) is 12.2. The largest absolute Gasteiger partial charge is 0.319 e. The lowest BCUT2D eigenvalue weighted by atomic mass is 9.83. The number of aromatic nitrogens is 1. The number of likely N-dealkylation sites (N-methyl/N-ethyl adjacent to an activating group) is 1. The molecule has 1 aromatic heterocycles. The molecule has 2 aliphatic rings. The minimum absolute atomic E-state index is 0.666. The molecule has 0 radical (unpaired) electrons. The zero-order chi connectivity index (χ0) is 13.2. The normalized spacial score (nSPS) is 31.2. The average Bonchev–Trinajstić information content (AvgIpc) is 2.84. The molecule has 3 unspecified atom stereocenters. The Labute approximate surface area is 121 Å². The van der Waals surface area contributed by atoms with Crippen LogP contribution in [0.3, 0.4) is 0 Å². The summed E-state index contributed by atoms with van der Waals surface area (Å²) >= 11 is 2.03. The van der Waals surface area contributed by atoms with Gasteiger partial charge in [0.1, 0.15) is 0 Å². The predicted octanol–water partition coefficient (Wildman–Crippen LogP) is 4.08. The second-order valence-electron chi connectivity index (χ2n) is 6.48. The van der Waals surface area contributed by atoms with Gasteiger partial charge in [-0.25, -0.2) is 4.98 Å². The molecule has 0 bridgehead atoms. The lowest BCUT2D eigenvalue weighted by Gasteiger charge is -2.25. The molecule has 3 rings (SSSR count). The third kappa shape index (κ3) is 2.87. The van der Waals surface area contributed by atoms with Crippen LogP contribution in [0.5, 0.6) is 0 Å². The van der Waals surface area contributed by atoms with E-state index < -0.39 is 0 Å². The molecule has 3 atom stereocenters. The van der Waals surface area contributed by atoms with Crippen LogP contribution in [0.25, 0.3) is 0 Å². The SMILES string of the molecule is CNCC1CCCc2sc(C3CCCC(C)C3)nc21. The van der Waals surface area contributed by atoms with E-state index in [9.17, 15) is 0 Å². The van der Waals surface area contributed by atoms with Gasteiger partial charge in [-0.05, 0) is 45.1 Å². The van der Waals surface area contributed by atoms with Gasteiger partial charge >= 0.3 is 0 Å². The van der Waals surface area contributed by atoms with Crippen LogP contribution in [0, 0.1) is 5.92 Å². The Kier molecular flexibility index (Phi) is 4.23. The fourth-order valence-electron chi connectivity index (χ4n) is 3.80. The van der Waals surface area contributed by atoms with Crippen LogP contribution in [0.1, 0.15) is 72.9 Å². The van der Waals surface area contributed by atoms with Crippen molar-refractivity contribution in [1.29, 1.82) is 0 Å². The molecular weight excluding hydrogens is 252 g/mol. The summed E-state index contributed by atoms with van der Waals surface area (Å²) in [6.45, 7) is 3.50. The van der Waals surface area contributed by atoms with Crippen LogP contribution < -0.4 is 5.32 Å². The molecule has 1 N–H and O–H groups in total. The number of thiazole rings is 1. The lowest BCUT2D eigenvalue weighted by Crippen LogP contribution is -2.21. The maximum atomic E-state index is 5.09. The van der Waals surface area contributed by atoms with Crippen molar-refractivity contribution >= 4 is 11.3 Å². The molecule has 1 saturated carbocycles. The minimum Gasteiger partial charge on any atom is -0.319 e. The molecule has 106 valence electrons. The molecule has 2 aliphatic carbocycles. The van der Waals surface area contributed by atoms with Gasteiger partial charge in [-0.3, -0.25) is 0 Å². The third-order valence-corrected chi connectivity index (χ3v) is 6.12. The van der Waals surface area contributed by atoms with E-state index >= 15 is 0 Å². The van der Waals surface area contributed by atoms with Crippen LogP contribution in [0.4, 0.5) is 0 Å². The van der Waals surface area contributed by atoms with Gasteiger partial charge in [0.15, 0.2) is 0 Å². The van der Waals surface area contributed by atoms with Crippen molar-refractivity contribution in [3.63, 3.8) is 0 Å². The lowest BCUT2D eigenvalue weighted by molar-refractivity contribution is 0.343. The molecule has 0 aromatic carbocycles. The summed E-state index contributed by atoms with van der Waals surface area (Å²) in [6, 6.07) is 0. The maximum absolute atomic E-state index is 5.09. The number of rotatable bonds is 3. The van der Waals surface area contributed by atoms with E-state index in [-0.39, 0.29) is 0 Å². The van der Waals surface area contributed by atoms with Crippen LogP contribution in [0.2, 0.25) is 0 Å². The molecule has 3 heteroatoms. The van der Waals surface area contributed by atoms with Crippen molar-refractivity contribution in [2.75, 3.05) is 13.6 Å². The number of nitrogens with zero attached hydrogens (tertiary/aromatic N) is 1. The van der Waals surface area contributed by atoms with E-state index in [4.69, 9.17) is 4.98 Å². The first kappa shape index (κ1) is 13.6. The van der Waals surface area contributed by atoms with Gasteiger partial charge in [-0.2, -0.15) is 0 Å². The van der Waals surface area contributed by atoms with Gasteiger partial charge in [-0.15, -0.1) is 11.3 Å². The first-order valence-electron chi connectivity index (χ1n) is 7.92. The monoisotopic (exact) mass is 278 g/mol. The molecule has 1 aromatic rings. The van der Waals surface area contributed by atoms with Gasteiger partial charge in [-0.1, -0.05) is 19.8 Å². The van der Waals surface area contributed by atoms with Crippen molar-refractivity contribution in [2.45, 2.75) is 63.7 Å². The summed E-state index contributed by atoms with van der Waals surface area (Å²) < 4.78 is 0. The molecule has 0 saturated heterocycles. The van der Waals surface area contributed by atoms with Crippen LogP contribution >= 0.6 is 11.3 Å². The smallest absolute Gasteiger partial charge is 0.0962 e. The van der Waals surface area contributed by atoms with Gasteiger partial charge in [0.25, 0.3) is 0 Å².